The van der Waals surface area contributed by atoms with Crippen LogP contribution in [-0.2, 0) is 10.2 Å². The Hall–Kier alpha value is -1.55. The number of carbonyl (C=O) groups is 1. The van der Waals surface area contributed by atoms with Gasteiger partial charge < -0.3 is 15.0 Å². The third kappa shape index (κ3) is 3.59. The largest absolute Gasteiger partial charge is 0.381 e. The van der Waals surface area contributed by atoms with Crippen LogP contribution >= 0.6 is 0 Å². The quantitative estimate of drug-likeness (QED) is 0.922. The van der Waals surface area contributed by atoms with E-state index in [0.29, 0.717) is 12.0 Å². The van der Waals surface area contributed by atoms with Crippen LogP contribution in [0.25, 0.3) is 0 Å². The second kappa shape index (κ2) is 6.75. The van der Waals surface area contributed by atoms with Crippen LogP contribution in [-0.4, -0.2) is 43.8 Å². The van der Waals surface area contributed by atoms with E-state index in [1.165, 1.54) is 11.1 Å². The maximum absolute atomic E-state index is 12.6. The standard InChI is InChI=1S/C20H30N2O2/c1-16-6-4-5-7-17(16)19(2,3)14-21-18(23)22-11-8-20(15-22)9-12-24-13-10-20/h4-7H,8-15H2,1-3H3,(H,21,23). The second-order valence-corrected chi connectivity index (χ2v) is 8.14. The van der Waals surface area contributed by atoms with Gasteiger partial charge in [0.25, 0.3) is 0 Å². The van der Waals surface area contributed by atoms with Gasteiger partial charge in [-0.25, -0.2) is 4.79 Å². The van der Waals surface area contributed by atoms with Crippen molar-refractivity contribution >= 4 is 6.03 Å². The van der Waals surface area contributed by atoms with E-state index in [1.54, 1.807) is 0 Å². The number of nitrogens with one attached hydrogen (secondary N) is 1. The number of urea groups is 1. The lowest BCUT2D eigenvalue weighted by Crippen LogP contribution is -2.45. The number of benzene rings is 1. The first-order valence-corrected chi connectivity index (χ1v) is 9.09. The lowest BCUT2D eigenvalue weighted by Gasteiger charge is -2.33. The van der Waals surface area contributed by atoms with E-state index in [0.717, 1.165) is 45.6 Å². The number of carbonyl (C=O) groups excluding carboxylic acids is 1. The summed E-state index contributed by atoms with van der Waals surface area (Å²) in [5.74, 6) is 0. The predicted molar refractivity (Wildman–Crippen MR) is 96.3 cm³/mol. The molecular formula is C20H30N2O2. The van der Waals surface area contributed by atoms with Gasteiger partial charge in [-0.15, -0.1) is 0 Å². The molecule has 3 rings (SSSR count). The minimum atomic E-state index is -0.0723. The molecule has 1 spiro atoms. The van der Waals surface area contributed by atoms with Gasteiger partial charge in [-0.3, -0.25) is 0 Å². The Morgan fingerprint density at radius 1 is 1.25 bits per heavy atom. The molecule has 0 atom stereocenters. The number of ether oxygens (including phenoxy) is 1. The number of nitrogens with zero attached hydrogens (tertiary/aromatic N) is 1. The average Bonchev–Trinajstić information content (AvgIpc) is 2.97. The first kappa shape index (κ1) is 17.3. The molecule has 1 aromatic carbocycles. The summed E-state index contributed by atoms with van der Waals surface area (Å²) >= 11 is 0. The summed E-state index contributed by atoms with van der Waals surface area (Å²) in [5.41, 5.74) is 2.81. The summed E-state index contributed by atoms with van der Waals surface area (Å²) in [6.07, 6.45) is 3.29. The molecule has 0 unspecified atom stereocenters. The molecular weight excluding hydrogens is 300 g/mol. The van der Waals surface area contributed by atoms with Crippen molar-refractivity contribution in [2.24, 2.45) is 5.41 Å². The van der Waals surface area contributed by atoms with E-state index in [4.69, 9.17) is 4.74 Å². The van der Waals surface area contributed by atoms with Gasteiger partial charge in [-0.05, 0) is 42.7 Å². The molecule has 0 saturated carbocycles. The molecule has 2 aliphatic heterocycles. The normalized spacial score (nSPS) is 20.4. The smallest absolute Gasteiger partial charge is 0.317 e. The van der Waals surface area contributed by atoms with E-state index in [2.05, 4.69) is 50.4 Å². The van der Waals surface area contributed by atoms with Crippen molar-refractivity contribution in [2.75, 3.05) is 32.8 Å². The zero-order chi connectivity index (χ0) is 17.2. The minimum absolute atomic E-state index is 0.0723. The summed E-state index contributed by atoms with van der Waals surface area (Å²) in [6, 6.07) is 8.51. The van der Waals surface area contributed by atoms with E-state index < -0.39 is 0 Å². The number of hydrogen-bond acceptors (Lipinski definition) is 2. The van der Waals surface area contributed by atoms with Gasteiger partial charge in [0.15, 0.2) is 0 Å². The Bertz CT molecular complexity index is 591. The molecule has 1 N–H and O–H groups in total. The van der Waals surface area contributed by atoms with E-state index in [9.17, 15) is 4.79 Å². The highest BCUT2D eigenvalue weighted by molar-refractivity contribution is 5.74. The van der Waals surface area contributed by atoms with Crippen molar-refractivity contribution in [3.63, 3.8) is 0 Å². The van der Waals surface area contributed by atoms with Gasteiger partial charge in [-0.1, -0.05) is 38.1 Å². The van der Waals surface area contributed by atoms with Crippen molar-refractivity contribution in [3.05, 3.63) is 35.4 Å². The topological polar surface area (TPSA) is 41.6 Å². The molecule has 2 heterocycles. The van der Waals surface area contributed by atoms with Crippen LogP contribution in [0.1, 0.15) is 44.2 Å². The summed E-state index contributed by atoms with van der Waals surface area (Å²) in [4.78, 5) is 14.6. The first-order valence-electron chi connectivity index (χ1n) is 9.09. The van der Waals surface area contributed by atoms with Crippen molar-refractivity contribution in [1.82, 2.24) is 10.2 Å². The molecule has 2 saturated heterocycles. The van der Waals surface area contributed by atoms with Crippen molar-refractivity contribution in [2.45, 2.75) is 45.4 Å². The van der Waals surface area contributed by atoms with Crippen LogP contribution in [0.3, 0.4) is 0 Å². The lowest BCUT2D eigenvalue weighted by molar-refractivity contribution is 0.0208. The van der Waals surface area contributed by atoms with Crippen molar-refractivity contribution < 1.29 is 9.53 Å². The van der Waals surface area contributed by atoms with E-state index in [-0.39, 0.29) is 11.4 Å². The number of aryl methyl sites for hydroxylation is 1. The van der Waals surface area contributed by atoms with Crippen molar-refractivity contribution in [1.29, 1.82) is 0 Å². The van der Waals surface area contributed by atoms with Crippen LogP contribution in [0.2, 0.25) is 0 Å². The Labute approximate surface area is 145 Å². The molecule has 132 valence electrons. The molecule has 0 aromatic heterocycles. The maximum atomic E-state index is 12.6. The van der Waals surface area contributed by atoms with E-state index in [1.807, 2.05) is 4.90 Å². The highest BCUT2D eigenvalue weighted by Gasteiger charge is 2.41. The molecule has 2 fully saturated rings. The fourth-order valence-electron chi connectivity index (χ4n) is 4.16. The monoisotopic (exact) mass is 330 g/mol. The first-order chi connectivity index (χ1) is 11.4. The predicted octanol–water partition coefficient (Wildman–Crippen LogP) is 3.48. The number of hydrogen-bond donors (Lipinski definition) is 1. The van der Waals surface area contributed by atoms with Gasteiger partial charge in [0.1, 0.15) is 0 Å². The lowest BCUT2D eigenvalue weighted by atomic mass is 9.80. The fourth-order valence-corrected chi connectivity index (χ4v) is 4.16. The van der Waals surface area contributed by atoms with Gasteiger partial charge in [-0.2, -0.15) is 0 Å². The van der Waals surface area contributed by atoms with Gasteiger partial charge in [0.2, 0.25) is 0 Å². The summed E-state index contributed by atoms with van der Waals surface area (Å²) < 4.78 is 5.49. The molecule has 2 amide bonds. The van der Waals surface area contributed by atoms with Gasteiger partial charge in [0.05, 0.1) is 0 Å². The zero-order valence-corrected chi connectivity index (χ0v) is 15.2. The molecule has 0 aliphatic carbocycles. The maximum Gasteiger partial charge on any atom is 0.317 e. The van der Waals surface area contributed by atoms with Crippen LogP contribution in [0.4, 0.5) is 4.79 Å². The average molecular weight is 330 g/mol. The Balaban J connectivity index is 1.57. The SMILES string of the molecule is Cc1ccccc1C(C)(C)CNC(=O)N1CCC2(CCOCC2)C1. The minimum Gasteiger partial charge on any atom is -0.381 e. The van der Waals surface area contributed by atoms with Crippen molar-refractivity contribution in [3.8, 4) is 0 Å². The number of likely N-dealkylation sites (tertiary alicyclic amines) is 1. The fraction of sp³-hybridized carbons (Fsp3) is 0.650. The van der Waals surface area contributed by atoms with Gasteiger partial charge in [0, 0.05) is 38.3 Å². The van der Waals surface area contributed by atoms with Crippen LogP contribution in [0, 0.1) is 12.3 Å². The molecule has 0 radical (unpaired) electrons. The third-order valence-corrected chi connectivity index (χ3v) is 5.83. The van der Waals surface area contributed by atoms with Crippen LogP contribution < -0.4 is 5.32 Å². The summed E-state index contributed by atoms with van der Waals surface area (Å²) in [7, 11) is 0. The van der Waals surface area contributed by atoms with E-state index >= 15 is 0 Å². The zero-order valence-electron chi connectivity index (χ0n) is 15.2. The Kier molecular flexibility index (Phi) is 4.86. The Morgan fingerprint density at radius 2 is 1.96 bits per heavy atom. The van der Waals surface area contributed by atoms with Crippen LogP contribution in [0.15, 0.2) is 24.3 Å². The second-order valence-electron chi connectivity index (χ2n) is 8.14. The molecule has 4 heteroatoms. The molecule has 4 nitrogen and oxygen atoms in total. The van der Waals surface area contributed by atoms with Gasteiger partial charge >= 0.3 is 6.03 Å². The number of amides is 2. The third-order valence-electron chi connectivity index (χ3n) is 5.83. The Morgan fingerprint density at radius 3 is 2.67 bits per heavy atom. The van der Waals surface area contributed by atoms with Crippen LogP contribution in [0.5, 0.6) is 0 Å². The molecule has 0 bridgehead atoms. The molecule has 1 aromatic rings. The highest BCUT2D eigenvalue weighted by Crippen LogP contribution is 2.39. The molecule has 24 heavy (non-hydrogen) atoms. The summed E-state index contributed by atoms with van der Waals surface area (Å²) in [6.45, 7) is 10.6. The summed E-state index contributed by atoms with van der Waals surface area (Å²) in [5, 5.41) is 3.17. The highest BCUT2D eigenvalue weighted by atomic mass is 16.5. The molecule has 2 aliphatic rings. The number of rotatable bonds is 3.